The van der Waals surface area contributed by atoms with Gasteiger partial charge in [-0.3, -0.25) is 0 Å². The number of rotatable bonds is 8. The molecule has 0 saturated heterocycles. The molecule has 1 aromatic heterocycles. The molecule has 1 atom stereocenters. The lowest BCUT2D eigenvalue weighted by Crippen LogP contribution is -2.20. The van der Waals surface area contributed by atoms with Crippen molar-refractivity contribution in [3.05, 3.63) is 52.2 Å². The van der Waals surface area contributed by atoms with E-state index in [0.29, 0.717) is 12.5 Å². The van der Waals surface area contributed by atoms with Crippen LogP contribution in [0.3, 0.4) is 0 Å². The maximum atomic E-state index is 5.92. The minimum Gasteiger partial charge on any atom is -0.492 e. The molecule has 2 nitrogen and oxygen atoms in total. The molecular weight excluding hydrogens is 266 g/mol. The van der Waals surface area contributed by atoms with E-state index < -0.39 is 0 Å². The van der Waals surface area contributed by atoms with Gasteiger partial charge in [0.05, 0.1) is 0 Å². The van der Waals surface area contributed by atoms with Crippen molar-refractivity contribution < 1.29 is 4.74 Å². The second-order valence-electron chi connectivity index (χ2n) is 4.95. The average Bonchev–Trinajstić information content (AvgIpc) is 3.00. The van der Waals surface area contributed by atoms with E-state index >= 15 is 0 Å². The molecule has 1 unspecified atom stereocenters. The predicted molar refractivity (Wildman–Crippen MR) is 86.7 cm³/mol. The molecule has 0 aliphatic carbocycles. The quantitative estimate of drug-likeness (QED) is 0.726. The van der Waals surface area contributed by atoms with E-state index in [1.54, 1.807) is 11.3 Å². The molecule has 3 heteroatoms. The van der Waals surface area contributed by atoms with Crippen LogP contribution in [0, 0.1) is 0 Å². The Hall–Kier alpha value is -1.32. The van der Waals surface area contributed by atoms with E-state index in [9.17, 15) is 0 Å². The smallest absolute Gasteiger partial charge is 0.122 e. The van der Waals surface area contributed by atoms with E-state index in [4.69, 9.17) is 4.74 Å². The van der Waals surface area contributed by atoms with Crippen LogP contribution in [0.1, 0.15) is 36.6 Å². The van der Waals surface area contributed by atoms with Crippen LogP contribution in [0.15, 0.2) is 41.8 Å². The van der Waals surface area contributed by atoms with E-state index in [1.165, 1.54) is 10.4 Å². The summed E-state index contributed by atoms with van der Waals surface area (Å²) in [5.41, 5.74) is 1.31. The fourth-order valence-corrected chi connectivity index (χ4v) is 2.77. The molecule has 0 spiro atoms. The first kappa shape index (κ1) is 15.1. The number of benzene rings is 1. The Balaban J connectivity index is 1.76. The monoisotopic (exact) mass is 289 g/mol. The fraction of sp³-hybridized carbons (Fsp3) is 0.412. The maximum Gasteiger partial charge on any atom is 0.122 e. The van der Waals surface area contributed by atoms with Crippen LogP contribution < -0.4 is 10.1 Å². The number of hydrogen-bond acceptors (Lipinski definition) is 3. The van der Waals surface area contributed by atoms with Gasteiger partial charge in [-0.2, -0.15) is 0 Å². The molecule has 0 amide bonds. The summed E-state index contributed by atoms with van der Waals surface area (Å²) in [6, 6.07) is 12.6. The lowest BCUT2D eigenvalue weighted by molar-refractivity contribution is 0.309. The zero-order chi connectivity index (χ0) is 14.2. The van der Waals surface area contributed by atoms with Gasteiger partial charge in [-0.15, -0.1) is 11.3 Å². The van der Waals surface area contributed by atoms with Gasteiger partial charge in [-0.25, -0.2) is 0 Å². The summed E-state index contributed by atoms with van der Waals surface area (Å²) in [5, 5.41) is 5.51. The van der Waals surface area contributed by atoms with Crippen molar-refractivity contribution >= 4 is 11.3 Å². The molecule has 0 aliphatic heterocycles. The van der Waals surface area contributed by atoms with Gasteiger partial charge in [-0.05, 0) is 35.4 Å². The van der Waals surface area contributed by atoms with Gasteiger partial charge in [0.25, 0.3) is 0 Å². The fourth-order valence-electron chi connectivity index (χ4n) is 2.10. The van der Waals surface area contributed by atoms with Crippen LogP contribution in [0.2, 0.25) is 0 Å². The van der Waals surface area contributed by atoms with E-state index in [2.05, 4.69) is 54.9 Å². The number of thiophene rings is 1. The molecule has 0 saturated carbocycles. The van der Waals surface area contributed by atoms with E-state index in [0.717, 1.165) is 25.3 Å². The van der Waals surface area contributed by atoms with Crippen molar-refractivity contribution in [1.82, 2.24) is 5.32 Å². The third kappa shape index (κ3) is 4.36. The Morgan fingerprint density at radius 1 is 1.20 bits per heavy atom. The summed E-state index contributed by atoms with van der Waals surface area (Å²) >= 11 is 1.78. The summed E-state index contributed by atoms with van der Waals surface area (Å²) in [6.45, 7) is 6.96. The second-order valence-corrected chi connectivity index (χ2v) is 5.98. The minimum absolute atomic E-state index is 0.547. The molecule has 0 bridgehead atoms. The van der Waals surface area contributed by atoms with Crippen molar-refractivity contribution in [2.45, 2.75) is 32.7 Å². The normalized spacial score (nSPS) is 12.3. The molecule has 1 N–H and O–H groups in total. The van der Waals surface area contributed by atoms with Crippen LogP contribution in [0.4, 0.5) is 0 Å². The Kier molecular flexibility index (Phi) is 6.09. The number of hydrogen-bond donors (Lipinski definition) is 1. The summed E-state index contributed by atoms with van der Waals surface area (Å²) in [5.74, 6) is 1.57. The Morgan fingerprint density at radius 3 is 2.80 bits per heavy atom. The van der Waals surface area contributed by atoms with Gasteiger partial charge in [0.15, 0.2) is 0 Å². The van der Waals surface area contributed by atoms with Crippen molar-refractivity contribution in [2.24, 2.45) is 0 Å². The predicted octanol–water partition coefficient (Wildman–Crippen LogP) is 4.43. The van der Waals surface area contributed by atoms with Crippen molar-refractivity contribution in [1.29, 1.82) is 0 Å². The third-order valence-electron chi connectivity index (χ3n) is 3.48. The Labute approximate surface area is 125 Å². The third-order valence-corrected chi connectivity index (χ3v) is 4.35. The Morgan fingerprint density at radius 2 is 2.05 bits per heavy atom. The van der Waals surface area contributed by atoms with Crippen molar-refractivity contribution in [3.8, 4) is 5.75 Å². The Bertz CT molecular complexity index is 495. The van der Waals surface area contributed by atoms with E-state index in [-0.39, 0.29) is 0 Å². The SMILES string of the molecule is CCC(C)c1ccccc1OCCNCc1cccs1. The average molecular weight is 289 g/mol. The van der Waals surface area contributed by atoms with E-state index in [1.807, 2.05) is 6.07 Å². The van der Waals surface area contributed by atoms with Gasteiger partial charge >= 0.3 is 0 Å². The minimum atomic E-state index is 0.547. The highest BCUT2D eigenvalue weighted by Crippen LogP contribution is 2.28. The first-order valence-corrected chi connectivity index (χ1v) is 8.14. The van der Waals surface area contributed by atoms with Crippen LogP contribution in [-0.4, -0.2) is 13.2 Å². The lowest BCUT2D eigenvalue weighted by atomic mass is 9.98. The largest absolute Gasteiger partial charge is 0.492 e. The highest BCUT2D eigenvalue weighted by molar-refractivity contribution is 7.09. The molecule has 1 aromatic carbocycles. The van der Waals surface area contributed by atoms with Gasteiger partial charge in [0.1, 0.15) is 12.4 Å². The zero-order valence-corrected chi connectivity index (χ0v) is 13.1. The molecule has 2 rings (SSSR count). The molecule has 0 aliphatic rings. The summed E-state index contributed by atoms with van der Waals surface area (Å²) < 4.78 is 5.92. The highest BCUT2D eigenvalue weighted by atomic mass is 32.1. The molecule has 0 radical (unpaired) electrons. The molecule has 108 valence electrons. The van der Waals surface area contributed by atoms with Crippen molar-refractivity contribution in [2.75, 3.05) is 13.2 Å². The van der Waals surface area contributed by atoms with Crippen LogP contribution >= 0.6 is 11.3 Å². The molecule has 2 aromatic rings. The van der Waals surface area contributed by atoms with Gasteiger partial charge in [-0.1, -0.05) is 38.1 Å². The molecule has 20 heavy (non-hydrogen) atoms. The van der Waals surface area contributed by atoms with Gasteiger partial charge in [0, 0.05) is 18.0 Å². The zero-order valence-electron chi connectivity index (χ0n) is 12.3. The number of nitrogens with one attached hydrogen (secondary N) is 1. The first-order valence-electron chi connectivity index (χ1n) is 7.26. The molecule has 0 fully saturated rings. The van der Waals surface area contributed by atoms with Crippen LogP contribution in [-0.2, 0) is 6.54 Å². The van der Waals surface area contributed by atoms with Crippen LogP contribution in [0.25, 0.3) is 0 Å². The standard InChI is InChI=1S/C17H23NOS/c1-3-14(2)16-8-4-5-9-17(16)19-11-10-18-13-15-7-6-12-20-15/h4-9,12,14,18H,3,10-11,13H2,1-2H3. The summed E-state index contributed by atoms with van der Waals surface area (Å²) in [4.78, 5) is 1.37. The second kappa shape index (κ2) is 8.08. The lowest BCUT2D eigenvalue weighted by Gasteiger charge is -2.15. The maximum absolute atomic E-state index is 5.92. The topological polar surface area (TPSA) is 21.3 Å². The number of para-hydroxylation sites is 1. The number of ether oxygens (including phenoxy) is 1. The summed E-state index contributed by atoms with van der Waals surface area (Å²) in [6.07, 6.45) is 1.14. The highest BCUT2D eigenvalue weighted by Gasteiger charge is 2.08. The van der Waals surface area contributed by atoms with Gasteiger partial charge in [0.2, 0.25) is 0 Å². The summed E-state index contributed by atoms with van der Waals surface area (Å²) in [7, 11) is 0. The molecule has 1 heterocycles. The molecular formula is C17H23NOS. The van der Waals surface area contributed by atoms with Crippen LogP contribution in [0.5, 0.6) is 5.75 Å². The van der Waals surface area contributed by atoms with Gasteiger partial charge < -0.3 is 10.1 Å². The first-order chi connectivity index (χ1) is 9.81. The van der Waals surface area contributed by atoms with Crippen molar-refractivity contribution in [3.63, 3.8) is 0 Å².